The first-order valence-corrected chi connectivity index (χ1v) is 8.28. The molecule has 25 heavy (non-hydrogen) atoms. The fraction of sp³-hybridized carbons (Fsp3) is 0.200. The zero-order chi connectivity index (χ0) is 17.6. The number of para-hydroxylation sites is 2. The Balaban J connectivity index is 1.78. The van der Waals surface area contributed by atoms with Crippen LogP contribution < -0.4 is 15.4 Å². The number of rotatable bonds is 6. The summed E-state index contributed by atoms with van der Waals surface area (Å²) in [5.74, 6) is 2.22. The van der Waals surface area contributed by atoms with Gasteiger partial charge in [-0.25, -0.2) is 9.97 Å². The van der Waals surface area contributed by atoms with Gasteiger partial charge in [-0.2, -0.15) is 0 Å². The van der Waals surface area contributed by atoms with E-state index in [1.807, 2.05) is 56.3 Å². The molecule has 0 aliphatic heterocycles. The SMILES string of the molecule is Cc1cccc(Nc2cc(Nc3ccccc3OC(C)C)ncn2)c1. The number of hydrogen-bond acceptors (Lipinski definition) is 5. The minimum Gasteiger partial charge on any atom is -0.489 e. The van der Waals surface area contributed by atoms with Crippen LogP contribution in [0, 0.1) is 6.92 Å². The van der Waals surface area contributed by atoms with Crippen LogP contribution >= 0.6 is 0 Å². The Morgan fingerprint density at radius 3 is 2.40 bits per heavy atom. The van der Waals surface area contributed by atoms with Crippen LogP contribution in [0.5, 0.6) is 5.75 Å². The van der Waals surface area contributed by atoms with Crippen molar-refractivity contribution in [2.45, 2.75) is 26.9 Å². The van der Waals surface area contributed by atoms with Crippen LogP contribution in [-0.4, -0.2) is 16.1 Å². The highest BCUT2D eigenvalue weighted by molar-refractivity contribution is 5.67. The van der Waals surface area contributed by atoms with E-state index in [9.17, 15) is 0 Å². The summed E-state index contributed by atoms with van der Waals surface area (Å²) in [5, 5.41) is 6.59. The first-order valence-electron chi connectivity index (χ1n) is 8.28. The molecule has 0 saturated carbocycles. The van der Waals surface area contributed by atoms with E-state index in [1.54, 1.807) is 0 Å². The van der Waals surface area contributed by atoms with Gasteiger partial charge in [-0.15, -0.1) is 0 Å². The van der Waals surface area contributed by atoms with Gasteiger partial charge in [0.05, 0.1) is 11.8 Å². The van der Waals surface area contributed by atoms with Crippen molar-refractivity contribution >= 4 is 23.0 Å². The summed E-state index contributed by atoms with van der Waals surface area (Å²) in [6, 6.07) is 17.8. The number of aryl methyl sites for hydroxylation is 1. The number of benzene rings is 2. The standard InChI is InChI=1S/C20H22N4O/c1-14(2)25-18-10-5-4-9-17(18)24-20-12-19(21-13-22-20)23-16-8-6-7-15(3)11-16/h4-14H,1-3H3,(H2,21,22,23,24). The van der Waals surface area contributed by atoms with E-state index in [2.05, 4.69) is 39.7 Å². The third kappa shape index (κ3) is 4.70. The molecule has 0 atom stereocenters. The predicted octanol–water partition coefficient (Wildman–Crippen LogP) is 5.06. The number of ether oxygens (including phenoxy) is 1. The Morgan fingerprint density at radius 1 is 0.880 bits per heavy atom. The van der Waals surface area contributed by atoms with Crippen molar-refractivity contribution in [2.75, 3.05) is 10.6 Å². The number of hydrogen-bond donors (Lipinski definition) is 2. The molecule has 0 radical (unpaired) electrons. The van der Waals surface area contributed by atoms with Gasteiger partial charge in [0.15, 0.2) is 0 Å². The minimum absolute atomic E-state index is 0.104. The lowest BCUT2D eigenvalue weighted by Gasteiger charge is -2.15. The van der Waals surface area contributed by atoms with Crippen LogP contribution in [0.2, 0.25) is 0 Å². The number of anilines is 4. The summed E-state index contributed by atoms with van der Waals surface area (Å²) >= 11 is 0. The second-order valence-electron chi connectivity index (χ2n) is 6.07. The molecule has 2 aromatic carbocycles. The van der Waals surface area contributed by atoms with Gasteiger partial charge in [0, 0.05) is 11.8 Å². The molecule has 1 aromatic heterocycles. The first-order chi connectivity index (χ1) is 12.1. The smallest absolute Gasteiger partial charge is 0.143 e. The molecule has 0 saturated heterocycles. The molecular weight excluding hydrogens is 312 g/mol. The van der Waals surface area contributed by atoms with E-state index in [1.165, 1.54) is 11.9 Å². The largest absolute Gasteiger partial charge is 0.489 e. The fourth-order valence-corrected chi connectivity index (χ4v) is 2.43. The lowest BCUT2D eigenvalue weighted by Crippen LogP contribution is -2.07. The monoisotopic (exact) mass is 334 g/mol. The molecule has 5 heteroatoms. The van der Waals surface area contributed by atoms with Gasteiger partial charge in [0.2, 0.25) is 0 Å². The van der Waals surface area contributed by atoms with E-state index in [0.29, 0.717) is 5.82 Å². The van der Waals surface area contributed by atoms with E-state index < -0.39 is 0 Å². The molecule has 0 unspecified atom stereocenters. The highest BCUT2D eigenvalue weighted by atomic mass is 16.5. The quantitative estimate of drug-likeness (QED) is 0.660. The van der Waals surface area contributed by atoms with E-state index in [-0.39, 0.29) is 6.10 Å². The van der Waals surface area contributed by atoms with Crippen molar-refractivity contribution in [1.82, 2.24) is 9.97 Å². The molecule has 0 aliphatic rings. The maximum absolute atomic E-state index is 5.84. The van der Waals surface area contributed by atoms with Crippen molar-refractivity contribution < 1.29 is 4.74 Å². The van der Waals surface area contributed by atoms with Gasteiger partial charge in [-0.3, -0.25) is 0 Å². The Hall–Kier alpha value is -3.08. The fourth-order valence-electron chi connectivity index (χ4n) is 2.43. The van der Waals surface area contributed by atoms with Crippen molar-refractivity contribution in [3.05, 3.63) is 66.5 Å². The van der Waals surface area contributed by atoms with Crippen molar-refractivity contribution in [3.63, 3.8) is 0 Å². The lowest BCUT2D eigenvalue weighted by molar-refractivity contribution is 0.244. The van der Waals surface area contributed by atoms with Gasteiger partial charge in [0.25, 0.3) is 0 Å². The predicted molar refractivity (Wildman–Crippen MR) is 102 cm³/mol. The molecule has 2 N–H and O–H groups in total. The van der Waals surface area contributed by atoms with Crippen molar-refractivity contribution in [2.24, 2.45) is 0 Å². The topological polar surface area (TPSA) is 59.1 Å². The van der Waals surface area contributed by atoms with Crippen LogP contribution in [0.4, 0.5) is 23.0 Å². The van der Waals surface area contributed by atoms with Gasteiger partial charge in [-0.1, -0.05) is 24.3 Å². The van der Waals surface area contributed by atoms with Gasteiger partial charge in [-0.05, 0) is 50.6 Å². The first kappa shape index (κ1) is 16.8. The molecule has 0 bridgehead atoms. The third-order valence-electron chi connectivity index (χ3n) is 3.47. The van der Waals surface area contributed by atoms with Crippen LogP contribution in [0.25, 0.3) is 0 Å². The van der Waals surface area contributed by atoms with Crippen LogP contribution in [0.15, 0.2) is 60.9 Å². The van der Waals surface area contributed by atoms with Crippen LogP contribution in [0.3, 0.4) is 0 Å². The van der Waals surface area contributed by atoms with E-state index in [0.717, 1.165) is 22.9 Å². The summed E-state index contributed by atoms with van der Waals surface area (Å²) in [7, 11) is 0. The van der Waals surface area contributed by atoms with E-state index >= 15 is 0 Å². The minimum atomic E-state index is 0.104. The highest BCUT2D eigenvalue weighted by Crippen LogP contribution is 2.28. The van der Waals surface area contributed by atoms with Gasteiger partial charge >= 0.3 is 0 Å². The molecular formula is C20H22N4O. The summed E-state index contributed by atoms with van der Waals surface area (Å²) in [6.45, 7) is 6.07. The molecule has 128 valence electrons. The molecule has 3 aromatic rings. The van der Waals surface area contributed by atoms with Gasteiger partial charge < -0.3 is 15.4 Å². The summed E-state index contributed by atoms with van der Waals surface area (Å²) < 4.78 is 5.84. The lowest BCUT2D eigenvalue weighted by atomic mass is 10.2. The van der Waals surface area contributed by atoms with Crippen molar-refractivity contribution in [3.8, 4) is 5.75 Å². The highest BCUT2D eigenvalue weighted by Gasteiger charge is 2.07. The Bertz CT molecular complexity index is 848. The van der Waals surface area contributed by atoms with Gasteiger partial charge in [0.1, 0.15) is 23.7 Å². The normalized spacial score (nSPS) is 10.6. The molecule has 0 amide bonds. The molecule has 0 spiro atoms. The third-order valence-corrected chi connectivity index (χ3v) is 3.47. The maximum Gasteiger partial charge on any atom is 0.143 e. The second kappa shape index (κ2) is 7.66. The van der Waals surface area contributed by atoms with E-state index in [4.69, 9.17) is 4.74 Å². The summed E-state index contributed by atoms with van der Waals surface area (Å²) in [5.41, 5.74) is 3.06. The number of aromatic nitrogens is 2. The number of nitrogens with one attached hydrogen (secondary N) is 2. The Morgan fingerprint density at radius 2 is 1.64 bits per heavy atom. The maximum atomic E-state index is 5.84. The zero-order valence-electron chi connectivity index (χ0n) is 14.7. The zero-order valence-corrected chi connectivity index (χ0v) is 14.7. The van der Waals surface area contributed by atoms with Crippen LogP contribution in [-0.2, 0) is 0 Å². The summed E-state index contributed by atoms with van der Waals surface area (Å²) in [6.07, 6.45) is 1.64. The Kier molecular flexibility index (Phi) is 5.14. The molecule has 0 aliphatic carbocycles. The average Bonchev–Trinajstić information content (AvgIpc) is 2.57. The molecule has 5 nitrogen and oxygen atoms in total. The second-order valence-corrected chi connectivity index (χ2v) is 6.07. The molecule has 3 rings (SSSR count). The summed E-state index contributed by atoms with van der Waals surface area (Å²) in [4.78, 5) is 8.58. The molecule has 0 fully saturated rings. The average molecular weight is 334 g/mol. The molecule has 1 heterocycles. The number of nitrogens with zero attached hydrogens (tertiary/aromatic N) is 2. The van der Waals surface area contributed by atoms with Crippen molar-refractivity contribution in [1.29, 1.82) is 0 Å². The van der Waals surface area contributed by atoms with Crippen LogP contribution in [0.1, 0.15) is 19.4 Å². The Labute approximate surface area is 148 Å².